The Hall–Kier alpha value is -0.960. The van der Waals surface area contributed by atoms with Gasteiger partial charge in [-0.3, -0.25) is 9.69 Å². The van der Waals surface area contributed by atoms with Crippen molar-refractivity contribution < 1.29 is 13.2 Å². The second kappa shape index (κ2) is 8.16. The van der Waals surface area contributed by atoms with Crippen molar-refractivity contribution in [2.75, 3.05) is 32.4 Å². The van der Waals surface area contributed by atoms with Crippen LogP contribution in [0.15, 0.2) is 17.5 Å². The van der Waals surface area contributed by atoms with Crippen LogP contribution >= 0.6 is 11.3 Å². The van der Waals surface area contributed by atoms with Crippen LogP contribution in [0.1, 0.15) is 43.0 Å². The van der Waals surface area contributed by atoms with Crippen molar-refractivity contribution in [2.45, 2.75) is 44.2 Å². The lowest BCUT2D eigenvalue weighted by molar-refractivity contribution is -0.125. The molecule has 3 rings (SSSR count). The van der Waals surface area contributed by atoms with E-state index < -0.39 is 16.1 Å². The Kier molecular flexibility index (Phi) is 6.14. The van der Waals surface area contributed by atoms with Crippen LogP contribution in [0.4, 0.5) is 0 Å². The van der Waals surface area contributed by atoms with Crippen molar-refractivity contribution in [3.8, 4) is 0 Å². The molecule has 2 fully saturated rings. The van der Waals surface area contributed by atoms with E-state index in [0.717, 1.165) is 25.9 Å². The molecule has 8 heteroatoms. The number of rotatable bonds is 6. The first kappa shape index (κ1) is 18.8. The molecule has 2 aliphatic heterocycles. The van der Waals surface area contributed by atoms with Crippen LogP contribution in [0.25, 0.3) is 0 Å². The molecule has 2 aliphatic rings. The Labute approximate surface area is 154 Å². The highest BCUT2D eigenvalue weighted by Gasteiger charge is 2.35. The molecule has 25 heavy (non-hydrogen) atoms. The Morgan fingerprint density at radius 1 is 1.28 bits per heavy atom. The molecule has 0 aliphatic carbocycles. The Morgan fingerprint density at radius 3 is 2.64 bits per heavy atom. The quantitative estimate of drug-likeness (QED) is 0.811. The monoisotopic (exact) mass is 385 g/mol. The van der Waals surface area contributed by atoms with E-state index >= 15 is 0 Å². The van der Waals surface area contributed by atoms with Crippen molar-refractivity contribution in [1.82, 2.24) is 14.5 Å². The van der Waals surface area contributed by atoms with Gasteiger partial charge in [-0.25, -0.2) is 8.42 Å². The van der Waals surface area contributed by atoms with E-state index in [2.05, 4.69) is 21.7 Å². The minimum atomic E-state index is -3.35. The average molecular weight is 386 g/mol. The van der Waals surface area contributed by atoms with E-state index in [4.69, 9.17) is 0 Å². The summed E-state index contributed by atoms with van der Waals surface area (Å²) in [6, 6.07) is 3.77. The molecular formula is C17H27N3O3S2. The van der Waals surface area contributed by atoms with E-state index in [0.29, 0.717) is 19.5 Å². The number of nitrogens with one attached hydrogen (secondary N) is 1. The number of amides is 1. The van der Waals surface area contributed by atoms with Gasteiger partial charge in [0.2, 0.25) is 15.9 Å². The zero-order valence-electron chi connectivity index (χ0n) is 14.7. The van der Waals surface area contributed by atoms with Gasteiger partial charge in [0.05, 0.1) is 12.3 Å². The molecule has 6 nitrogen and oxygen atoms in total. The van der Waals surface area contributed by atoms with Gasteiger partial charge in [0.1, 0.15) is 6.04 Å². The smallest absolute Gasteiger partial charge is 0.238 e. The van der Waals surface area contributed by atoms with E-state index in [9.17, 15) is 13.2 Å². The van der Waals surface area contributed by atoms with Gasteiger partial charge in [0.15, 0.2) is 0 Å². The normalized spacial score (nSPS) is 24.3. The molecule has 3 heterocycles. The molecule has 2 unspecified atom stereocenters. The topological polar surface area (TPSA) is 69.7 Å². The van der Waals surface area contributed by atoms with Crippen molar-refractivity contribution in [1.29, 1.82) is 0 Å². The second-order valence-electron chi connectivity index (χ2n) is 6.90. The minimum Gasteiger partial charge on any atom is -0.353 e. The first-order valence-electron chi connectivity index (χ1n) is 8.99. The maximum Gasteiger partial charge on any atom is 0.238 e. The fraction of sp³-hybridized carbons (Fsp3) is 0.706. The van der Waals surface area contributed by atoms with Crippen molar-refractivity contribution in [2.24, 2.45) is 0 Å². The number of likely N-dealkylation sites (tertiary alicyclic amines) is 1. The van der Waals surface area contributed by atoms with Gasteiger partial charge in [-0.05, 0) is 50.2 Å². The molecule has 1 aromatic heterocycles. The fourth-order valence-electron chi connectivity index (χ4n) is 3.82. The van der Waals surface area contributed by atoms with Gasteiger partial charge in [0.25, 0.3) is 0 Å². The lowest BCUT2D eigenvalue weighted by Gasteiger charge is -2.33. The number of piperidine rings is 1. The minimum absolute atomic E-state index is 0.161. The number of hydrogen-bond acceptors (Lipinski definition) is 5. The molecule has 0 saturated carbocycles. The van der Waals surface area contributed by atoms with Crippen LogP contribution in [0.5, 0.6) is 0 Å². The predicted octanol–water partition coefficient (Wildman–Crippen LogP) is 1.82. The van der Waals surface area contributed by atoms with E-state index in [1.54, 1.807) is 11.3 Å². The van der Waals surface area contributed by atoms with Crippen LogP contribution in [0.3, 0.4) is 0 Å². The maximum atomic E-state index is 12.7. The maximum absolute atomic E-state index is 12.7. The average Bonchev–Trinajstić information content (AvgIpc) is 3.28. The number of thiophene rings is 1. The molecule has 0 aromatic carbocycles. The van der Waals surface area contributed by atoms with Gasteiger partial charge in [0, 0.05) is 18.0 Å². The molecule has 0 bridgehead atoms. The standard InChI is InChI=1S/C17H27N3O3S2/c1-25(22,23)20-11-3-2-7-14(20)17(21)18-13-15(16-8-6-12-24-16)19-9-4-5-10-19/h6,8,12,14-15H,2-5,7,9-11,13H2,1H3,(H,18,21). The summed E-state index contributed by atoms with van der Waals surface area (Å²) in [5.74, 6) is -0.161. The first-order chi connectivity index (χ1) is 12.0. The zero-order chi connectivity index (χ0) is 17.9. The molecule has 0 spiro atoms. The number of hydrogen-bond donors (Lipinski definition) is 1. The summed E-state index contributed by atoms with van der Waals surface area (Å²) < 4.78 is 25.3. The van der Waals surface area contributed by atoms with Crippen LogP contribution in [-0.4, -0.2) is 62.0 Å². The summed E-state index contributed by atoms with van der Waals surface area (Å²) in [6.07, 6.45) is 5.90. The highest BCUT2D eigenvalue weighted by Crippen LogP contribution is 2.28. The van der Waals surface area contributed by atoms with Crippen molar-refractivity contribution >= 4 is 27.3 Å². The summed E-state index contributed by atoms with van der Waals surface area (Å²) >= 11 is 1.71. The Morgan fingerprint density at radius 2 is 2.00 bits per heavy atom. The molecule has 1 aromatic rings. The molecule has 1 amide bonds. The SMILES string of the molecule is CS(=O)(=O)N1CCCCC1C(=O)NCC(c1cccs1)N1CCCC1. The Balaban J connectivity index is 1.66. The molecule has 2 saturated heterocycles. The number of carbonyl (C=O) groups is 1. The van der Waals surface area contributed by atoms with Crippen molar-refractivity contribution in [3.63, 3.8) is 0 Å². The summed E-state index contributed by atoms with van der Waals surface area (Å²) in [4.78, 5) is 16.4. The van der Waals surface area contributed by atoms with Gasteiger partial charge in [-0.2, -0.15) is 4.31 Å². The lowest BCUT2D eigenvalue weighted by atomic mass is 10.0. The molecule has 2 atom stereocenters. The third-order valence-electron chi connectivity index (χ3n) is 5.10. The zero-order valence-corrected chi connectivity index (χ0v) is 16.3. The van der Waals surface area contributed by atoms with Gasteiger partial charge in [-0.15, -0.1) is 11.3 Å². The largest absolute Gasteiger partial charge is 0.353 e. The van der Waals surface area contributed by atoms with Crippen molar-refractivity contribution in [3.05, 3.63) is 22.4 Å². The summed E-state index contributed by atoms with van der Waals surface area (Å²) in [7, 11) is -3.35. The number of nitrogens with zero attached hydrogens (tertiary/aromatic N) is 2. The molecular weight excluding hydrogens is 358 g/mol. The van der Waals surface area contributed by atoms with Crippen LogP contribution < -0.4 is 5.32 Å². The van der Waals surface area contributed by atoms with E-state index in [1.807, 2.05) is 6.07 Å². The van der Waals surface area contributed by atoms with E-state index in [1.165, 1.54) is 28.3 Å². The summed E-state index contributed by atoms with van der Waals surface area (Å²) in [5, 5.41) is 5.10. The summed E-state index contributed by atoms with van der Waals surface area (Å²) in [6.45, 7) is 3.08. The fourth-order valence-corrected chi connectivity index (χ4v) is 5.81. The van der Waals surface area contributed by atoms with Gasteiger partial charge in [-0.1, -0.05) is 12.5 Å². The Bertz CT molecular complexity index is 669. The van der Waals surface area contributed by atoms with Crippen LogP contribution in [-0.2, 0) is 14.8 Å². The van der Waals surface area contributed by atoms with Gasteiger partial charge >= 0.3 is 0 Å². The molecule has 0 radical (unpaired) electrons. The summed E-state index contributed by atoms with van der Waals surface area (Å²) in [5.41, 5.74) is 0. The number of carbonyl (C=O) groups excluding carboxylic acids is 1. The second-order valence-corrected chi connectivity index (χ2v) is 9.82. The number of sulfonamides is 1. The third-order valence-corrected chi connectivity index (χ3v) is 7.37. The van der Waals surface area contributed by atoms with Gasteiger partial charge < -0.3 is 5.32 Å². The highest BCUT2D eigenvalue weighted by molar-refractivity contribution is 7.88. The highest BCUT2D eigenvalue weighted by atomic mass is 32.2. The predicted molar refractivity (Wildman–Crippen MR) is 100 cm³/mol. The first-order valence-corrected chi connectivity index (χ1v) is 11.7. The molecule has 1 N–H and O–H groups in total. The lowest BCUT2D eigenvalue weighted by Crippen LogP contribution is -2.52. The third kappa shape index (κ3) is 4.61. The van der Waals surface area contributed by atoms with Crippen LogP contribution in [0, 0.1) is 0 Å². The van der Waals surface area contributed by atoms with Crippen LogP contribution in [0.2, 0.25) is 0 Å². The molecule has 140 valence electrons. The van der Waals surface area contributed by atoms with E-state index in [-0.39, 0.29) is 11.9 Å².